The molecule has 0 N–H and O–H groups in total. The number of aromatic nitrogens is 2. The summed E-state index contributed by atoms with van der Waals surface area (Å²) in [7, 11) is 3.35. The lowest BCUT2D eigenvalue weighted by molar-refractivity contribution is 0.415. The highest BCUT2D eigenvalue weighted by Crippen LogP contribution is 2.34. The van der Waals surface area contributed by atoms with E-state index in [1.807, 2.05) is 65.3 Å². The second-order valence-electron chi connectivity index (χ2n) is 7.07. The second-order valence-corrected chi connectivity index (χ2v) is 7.51. The summed E-state index contributed by atoms with van der Waals surface area (Å²) in [5.74, 6) is 1.62. The van der Waals surface area contributed by atoms with Gasteiger partial charge in [-0.15, -0.1) is 0 Å². The summed E-state index contributed by atoms with van der Waals surface area (Å²) in [6, 6.07) is 23.9. The first-order valence-electron chi connectivity index (χ1n) is 9.69. The van der Waals surface area contributed by atoms with Crippen LogP contribution in [0.3, 0.4) is 0 Å². The number of benzene rings is 3. The molecule has 3 aromatic carbocycles. The molecule has 0 saturated heterocycles. The van der Waals surface area contributed by atoms with E-state index in [1.54, 1.807) is 14.2 Å². The Bertz CT molecular complexity index is 1170. The van der Waals surface area contributed by atoms with Gasteiger partial charge in [-0.2, -0.15) is 5.10 Å². The van der Waals surface area contributed by atoms with Crippen molar-refractivity contribution in [1.29, 1.82) is 0 Å². The summed E-state index contributed by atoms with van der Waals surface area (Å²) < 4.78 is 12.9. The highest BCUT2D eigenvalue weighted by molar-refractivity contribution is 6.30. The third kappa shape index (κ3) is 4.05. The van der Waals surface area contributed by atoms with Crippen molar-refractivity contribution in [2.24, 2.45) is 0 Å². The van der Waals surface area contributed by atoms with Crippen LogP contribution >= 0.6 is 11.6 Å². The predicted molar refractivity (Wildman–Crippen MR) is 121 cm³/mol. The number of ether oxygens (including phenoxy) is 2. The molecule has 5 heteroatoms. The lowest BCUT2D eigenvalue weighted by Crippen LogP contribution is -2.04. The van der Waals surface area contributed by atoms with E-state index in [4.69, 9.17) is 26.2 Å². The van der Waals surface area contributed by atoms with Crippen LogP contribution in [0.1, 0.15) is 11.1 Å². The Hall–Kier alpha value is -3.24. The maximum Gasteiger partial charge on any atom is 0.119 e. The van der Waals surface area contributed by atoms with Gasteiger partial charge in [0, 0.05) is 21.7 Å². The first-order valence-corrected chi connectivity index (χ1v) is 10.1. The van der Waals surface area contributed by atoms with Gasteiger partial charge in [0.1, 0.15) is 11.5 Å². The zero-order valence-electron chi connectivity index (χ0n) is 17.2. The van der Waals surface area contributed by atoms with E-state index in [2.05, 4.69) is 19.1 Å². The fraction of sp³-hybridized carbons (Fsp3) is 0.160. The molecular weight excluding hydrogens is 396 g/mol. The van der Waals surface area contributed by atoms with Crippen LogP contribution in [0.2, 0.25) is 5.02 Å². The SMILES string of the molecule is COc1cccc(-c2nn(Cc3ccc(Cl)cc3)c(-c3cccc(OC)c3)c2C)c1. The zero-order valence-corrected chi connectivity index (χ0v) is 18.0. The van der Waals surface area contributed by atoms with Gasteiger partial charge in [0.25, 0.3) is 0 Å². The van der Waals surface area contributed by atoms with Crippen LogP contribution in [-0.4, -0.2) is 24.0 Å². The van der Waals surface area contributed by atoms with Gasteiger partial charge in [0.05, 0.1) is 32.2 Å². The van der Waals surface area contributed by atoms with Crippen molar-refractivity contribution in [1.82, 2.24) is 9.78 Å². The minimum atomic E-state index is 0.633. The van der Waals surface area contributed by atoms with E-state index in [0.717, 1.165) is 50.2 Å². The van der Waals surface area contributed by atoms with Crippen LogP contribution in [0.4, 0.5) is 0 Å². The number of halogens is 1. The first-order chi connectivity index (χ1) is 14.6. The Morgan fingerprint density at radius 2 is 1.43 bits per heavy atom. The molecule has 1 heterocycles. The molecule has 0 atom stereocenters. The minimum absolute atomic E-state index is 0.633. The Morgan fingerprint density at radius 3 is 2.07 bits per heavy atom. The average Bonchev–Trinajstić information content (AvgIpc) is 3.11. The van der Waals surface area contributed by atoms with Crippen LogP contribution in [-0.2, 0) is 6.54 Å². The van der Waals surface area contributed by atoms with Crippen LogP contribution in [0.25, 0.3) is 22.5 Å². The number of hydrogen-bond acceptors (Lipinski definition) is 3. The Balaban J connectivity index is 1.86. The van der Waals surface area contributed by atoms with Gasteiger partial charge in [0.15, 0.2) is 0 Å². The van der Waals surface area contributed by atoms with E-state index in [-0.39, 0.29) is 0 Å². The maximum absolute atomic E-state index is 6.06. The third-order valence-corrected chi connectivity index (χ3v) is 5.37. The molecule has 1 aromatic heterocycles. The van der Waals surface area contributed by atoms with Crippen molar-refractivity contribution < 1.29 is 9.47 Å². The Morgan fingerprint density at radius 1 is 0.833 bits per heavy atom. The van der Waals surface area contributed by atoms with Gasteiger partial charge in [-0.1, -0.05) is 48.0 Å². The molecule has 30 heavy (non-hydrogen) atoms. The molecular formula is C25H23ClN2O2. The van der Waals surface area contributed by atoms with Crippen LogP contribution in [0.15, 0.2) is 72.8 Å². The topological polar surface area (TPSA) is 36.3 Å². The van der Waals surface area contributed by atoms with Gasteiger partial charge in [-0.25, -0.2) is 0 Å². The molecule has 0 fully saturated rings. The summed E-state index contributed by atoms with van der Waals surface area (Å²) in [6.07, 6.45) is 0. The van der Waals surface area contributed by atoms with Crippen molar-refractivity contribution >= 4 is 11.6 Å². The smallest absolute Gasteiger partial charge is 0.119 e. The summed E-state index contributed by atoms with van der Waals surface area (Å²) in [4.78, 5) is 0. The summed E-state index contributed by atoms with van der Waals surface area (Å²) in [5.41, 5.74) is 6.30. The monoisotopic (exact) mass is 418 g/mol. The molecule has 0 aliphatic rings. The molecule has 0 aliphatic carbocycles. The van der Waals surface area contributed by atoms with Crippen LogP contribution in [0.5, 0.6) is 11.5 Å². The first kappa shape index (κ1) is 20.0. The molecule has 0 radical (unpaired) electrons. The summed E-state index contributed by atoms with van der Waals surface area (Å²) in [5, 5.41) is 5.71. The molecule has 0 spiro atoms. The van der Waals surface area contributed by atoms with Crippen molar-refractivity contribution in [2.45, 2.75) is 13.5 Å². The second kappa shape index (κ2) is 8.64. The van der Waals surface area contributed by atoms with E-state index < -0.39 is 0 Å². The van der Waals surface area contributed by atoms with Crippen LogP contribution in [0, 0.1) is 6.92 Å². The molecule has 0 saturated carbocycles. The number of rotatable bonds is 6. The normalized spacial score (nSPS) is 10.8. The standard InChI is InChI=1S/C25H23ClN2O2/c1-17-24(19-6-4-8-22(14-19)29-2)27-28(16-18-10-12-21(26)13-11-18)25(17)20-7-5-9-23(15-20)30-3/h4-15H,16H2,1-3H3. The fourth-order valence-electron chi connectivity index (χ4n) is 3.61. The molecule has 0 bridgehead atoms. The molecule has 0 aliphatic heterocycles. The lowest BCUT2D eigenvalue weighted by Gasteiger charge is -2.10. The lowest BCUT2D eigenvalue weighted by atomic mass is 10.0. The number of nitrogens with zero attached hydrogens (tertiary/aromatic N) is 2. The fourth-order valence-corrected chi connectivity index (χ4v) is 3.74. The zero-order chi connectivity index (χ0) is 21.1. The molecule has 0 amide bonds. The van der Waals surface area contributed by atoms with Crippen LogP contribution < -0.4 is 9.47 Å². The largest absolute Gasteiger partial charge is 0.497 e. The predicted octanol–water partition coefficient (Wildman–Crippen LogP) is 6.24. The number of methoxy groups -OCH3 is 2. The molecule has 4 aromatic rings. The third-order valence-electron chi connectivity index (χ3n) is 5.12. The van der Waals surface area contributed by atoms with Gasteiger partial charge in [0.2, 0.25) is 0 Å². The van der Waals surface area contributed by atoms with Crippen molar-refractivity contribution in [3.8, 4) is 34.0 Å². The minimum Gasteiger partial charge on any atom is -0.497 e. The van der Waals surface area contributed by atoms with Crippen molar-refractivity contribution in [2.75, 3.05) is 14.2 Å². The van der Waals surface area contributed by atoms with Gasteiger partial charge in [-0.3, -0.25) is 4.68 Å². The summed E-state index contributed by atoms with van der Waals surface area (Å²) >= 11 is 6.06. The summed E-state index contributed by atoms with van der Waals surface area (Å²) in [6.45, 7) is 2.74. The van der Waals surface area contributed by atoms with Gasteiger partial charge >= 0.3 is 0 Å². The highest BCUT2D eigenvalue weighted by Gasteiger charge is 2.18. The molecule has 4 rings (SSSR count). The van der Waals surface area contributed by atoms with E-state index in [1.165, 1.54) is 0 Å². The molecule has 4 nitrogen and oxygen atoms in total. The quantitative estimate of drug-likeness (QED) is 0.371. The Labute approximate surface area is 181 Å². The van der Waals surface area contributed by atoms with E-state index >= 15 is 0 Å². The average molecular weight is 419 g/mol. The van der Waals surface area contributed by atoms with Gasteiger partial charge < -0.3 is 9.47 Å². The van der Waals surface area contributed by atoms with Crippen molar-refractivity contribution in [3.63, 3.8) is 0 Å². The molecule has 152 valence electrons. The highest BCUT2D eigenvalue weighted by atomic mass is 35.5. The number of hydrogen-bond donors (Lipinski definition) is 0. The van der Waals surface area contributed by atoms with Crippen molar-refractivity contribution in [3.05, 3.63) is 88.9 Å². The van der Waals surface area contributed by atoms with E-state index in [0.29, 0.717) is 6.54 Å². The molecule has 0 unspecified atom stereocenters. The maximum atomic E-state index is 6.06. The van der Waals surface area contributed by atoms with Gasteiger partial charge in [-0.05, 0) is 48.9 Å². The van der Waals surface area contributed by atoms with E-state index in [9.17, 15) is 0 Å². The Kier molecular flexibility index (Phi) is 5.77.